The Morgan fingerprint density at radius 1 is 0.840 bits per heavy atom. The Bertz CT molecular complexity index is 812. The molecule has 4 nitrogen and oxygen atoms in total. The topological polar surface area (TPSA) is 41.0 Å². The molecule has 1 fully saturated rings. The van der Waals surface area contributed by atoms with E-state index >= 15 is 0 Å². The van der Waals surface area contributed by atoms with Gasteiger partial charge in [-0.2, -0.15) is 0 Å². The van der Waals surface area contributed by atoms with E-state index in [2.05, 4.69) is 52.7 Å². The van der Waals surface area contributed by atoms with Gasteiger partial charge in [0.2, 0.25) is 0 Å². The minimum absolute atomic E-state index is 0.755. The fourth-order valence-electron chi connectivity index (χ4n) is 3.14. The Kier molecular flexibility index (Phi) is 4.59. The van der Waals surface area contributed by atoms with E-state index in [-0.39, 0.29) is 0 Å². The van der Waals surface area contributed by atoms with Gasteiger partial charge >= 0.3 is 0 Å². The van der Waals surface area contributed by atoms with Gasteiger partial charge in [-0.3, -0.25) is 0 Å². The van der Waals surface area contributed by atoms with Gasteiger partial charge in [0, 0.05) is 31.3 Å². The van der Waals surface area contributed by atoms with Crippen LogP contribution in [0, 0.1) is 0 Å². The number of benzene rings is 2. The van der Waals surface area contributed by atoms with Gasteiger partial charge in [-0.1, -0.05) is 60.7 Å². The fourth-order valence-corrected chi connectivity index (χ4v) is 3.14. The van der Waals surface area contributed by atoms with E-state index < -0.39 is 0 Å². The second kappa shape index (κ2) is 7.34. The van der Waals surface area contributed by atoms with E-state index in [1.807, 2.05) is 24.3 Å². The number of nitrogens with zero attached hydrogens (tertiary/aromatic N) is 3. The van der Waals surface area contributed by atoms with Gasteiger partial charge < -0.3 is 10.2 Å². The third-order valence-corrected chi connectivity index (χ3v) is 4.49. The molecule has 2 heterocycles. The molecule has 3 aromatic rings. The Morgan fingerprint density at radius 3 is 2.24 bits per heavy atom. The maximum absolute atomic E-state index is 4.82. The summed E-state index contributed by atoms with van der Waals surface area (Å²) in [4.78, 5) is 11.9. The van der Waals surface area contributed by atoms with Gasteiger partial charge in [-0.15, -0.1) is 0 Å². The first-order valence-corrected chi connectivity index (χ1v) is 8.86. The molecule has 2 aromatic carbocycles. The highest BCUT2D eigenvalue weighted by atomic mass is 15.2. The van der Waals surface area contributed by atoms with Crippen molar-refractivity contribution in [1.29, 1.82) is 0 Å². The molecular formula is C21H22N4. The Balaban J connectivity index is 1.63. The third-order valence-electron chi connectivity index (χ3n) is 4.49. The molecule has 0 atom stereocenters. The predicted octanol–water partition coefficient (Wildman–Crippen LogP) is 4.36. The number of anilines is 2. The van der Waals surface area contributed by atoms with E-state index in [4.69, 9.17) is 9.97 Å². The summed E-state index contributed by atoms with van der Waals surface area (Å²) in [6, 6.07) is 22.6. The molecule has 0 saturated carbocycles. The van der Waals surface area contributed by atoms with Gasteiger partial charge in [0.25, 0.3) is 0 Å². The second-order valence-electron chi connectivity index (χ2n) is 6.33. The van der Waals surface area contributed by atoms with Gasteiger partial charge in [0.1, 0.15) is 11.6 Å². The fraction of sp³-hybridized carbons (Fsp3) is 0.238. The van der Waals surface area contributed by atoms with Crippen LogP contribution in [0.3, 0.4) is 0 Å². The lowest BCUT2D eigenvalue weighted by atomic mass is 10.2. The van der Waals surface area contributed by atoms with Crippen molar-refractivity contribution in [2.75, 3.05) is 23.3 Å². The first kappa shape index (κ1) is 15.6. The molecule has 0 radical (unpaired) electrons. The monoisotopic (exact) mass is 330 g/mol. The van der Waals surface area contributed by atoms with Crippen LogP contribution in [-0.4, -0.2) is 23.1 Å². The van der Waals surface area contributed by atoms with Gasteiger partial charge in [0.05, 0.1) is 0 Å². The van der Waals surface area contributed by atoms with Crippen molar-refractivity contribution < 1.29 is 0 Å². The molecule has 1 saturated heterocycles. The van der Waals surface area contributed by atoms with Crippen LogP contribution >= 0.6 is 0 Å². The van der Waals surface area contributed by atoms with Crippen LogP contribution in [0.25, 0.3) is 11.4 Å². The van der Waals surface area contributed by atoms with E-state index in [1.54, 1.807) is 0 Å². The first-order chi connectivity index (χ1) is 12.4. The molecule has 0 bridgehead atoms. The van der Waals surface area contributed by atoms with Gasteiger partial charge in [0.15, 0.2) is 5.82 Å². The molecular weight excluding hydrogens is 308 g/mol. The Labute approximate surface area is 148 Å². The van der Waals surface area contributed by atoms with E-state index in [9.17, 15) is 0 Å². The summed E-state index contributed by atoms with van der Waals surface area (Å²) in [6.45, 7) is 2.90. The summed E-state index contributed by atoms with van der Waals surface area (Å²) in [5.41, 5.74) is 2.29. The Hall–Kier alpha value is -2.88. The maximum atomic E-state index is 4.82. The zero-order valence-corrected chi connectivity index (χ0v) is 14.2. The molecule has 1 N–H and O–H groups in total. The minimum Gasteiger partial charge on any atom is -0.366 e. The van der Waals surface area contributed by atoms with Crippen LogP contribution in [0.4, 0.5) is 11.6 Å². The lowest BCUT2D eigenvalue weighted by molar-refractivity contribution is 0.928. The lowest BCUT2D eigenvalue weighted by Crippen LogP contribution is -2.20. The molecule has 0 spiro atoms. The number of hydrogen-bond acceptors (Lipinski definition) is 4. The smallest absolute Gasteiger partial charge is 0.163 e. The zero-order valence-electron chi connectivity index (χ0n) is 14.2. The molecule has 0 aliphatic carbocycles. The quantitative estimate of drug-likeness (QED) is 0.755. The number of rotatable bonds is 5. The van der Waals surface area contributed by atoms with E-state index in [0.29, 0.717) is 0 Å². The highest BCUT2D eigenvalue weighted by Gasteiger charge is 2.16. The van der Waals surface area contributed by atoms with Crippen LogP contribution in [0.1, 0.15) is 18.4 Å². The summed E-state index contributed by atoms with van der Waals surface area (Å²) in [5.74, 6) is 2.67. The summed E-state index contributed by atoms with van der Waals surface area (Å²) >= 11 is 0. The third kappa shape index (κ3) is 3.79. The lowest BCUT2D eigenvalue weighted by Gasteiger charge is -2.18. The summed E-state index contributed by atoms with van der Waals surface area (Å²) in [6.07, 6.45) is 2.47. The first-order valence-electron chi connectivity index (χ1n) is 8.86. The molecule has 1 aliphatic heterocycles. The standard InChI is InChI=1S/C21H22N4/c1-3-9-17(10-4-1)16-22-19-15-20(25-13-7-8-14-25)24-21(23-19)18-11-5-2-6-12-18/h1-6,9-12,15H,7-8,13-14,16H2,(H,22,23,24). The molecule has 126 valence electrons. The van der Waals surface area contributed by atoms with Crippen molar-refractivity contribution in [3.63, 3.8) is 0 Å². The van der Waals surface area contributed by atoms with Crippen LogP contribution in [0.2, 0.25) is 0 Å². The van der Waals surface area contributed by atoms with Crippen LogP contribution in [0.5, 0.6) is 0 Å². The SMILES string of the molecule is c1ccc(CNc2cc(N3CCCC3)nc(-c3ccccc3)n2)cc1. The average Bonchev–Trinajstić information content (AvgIpc) is 3.23. The minimum atomic E-state index is 0.755. The number of nitrogens with one attached hydrogen (secondary N) is 1. The van der Waals surface area contributed by atoms with Crippen molar-refractivity contribution >= 4 is 11.6 Å². The Morgan fingerprint density at radius 2 is 1.52 bits per heavy atom. The van der Waals surface area contributed by atoms with E-state index in [0.717, 1.165) is 42.7 Å². The molecule has 1 aliphatic rings. The molecule has 0 unspecified atom stereocenters. The van der Waals surface area contributed by atoms with Crippen LogP contribution in [-0.2, 0) is 6.54 Å². The summed E-state index contributed by atoms with van der Waals surface area (Å²) < 4.78 is 0. The van der Waals surface area contributed by atoms with Gasteiger partial charge in [-0.25, -0.2) is 9.97 Å². The van der Waals surface area contributed by atoms with Crippen LogP contribution in [0.15, 0.2) is 66.7 Å². The van der Waals surface area contributed by atoms with Crippen LogP contribution < -0.4 is 10.2 Å². The second-order valence-corrected chi connectivity index (χ2v) is 6.33. The normalized spacial score (nSPS) is 13.8. The zero-order chi connectivity index (χ0) is 16.9. The molecule has 25 heavy (non-hydrogen) atoms. The van der Waals surface area contributed by atoms with Crippen molar-refractivity contribution in [2.45, 2.75) is 19.4 Å². The average molecular weight is 330 g/mol. The highest BCUT2D eigenvalue weighted by Crippen LogP contribution is 2.25. The van der Waals surface area contributed by atoms with Crippen molar-refractivity contribution in [3.05, 3.63) is 72.3 Å². The largest absolute Gasteiger partial charge is 0.366 e. The predicted molar refractivity (Wildman–Crippen MR) is 103 cm³/mol. The molecule has 1 aromatic heterocycles. The molecule has 4 heteroatoms. The van der Waals surface area contributed by atoms with E-state index in [1.165, 1.54) is 18.4 Å². The summed E-state index contributed by atoms with van der Waals surface area (Å²) in [5, 5.41) is 3.46. The van der Waals surface area contributed by atoms with Crippen molar-refractivity contribution in [2.24, 2.45) is 0 Å². The van der Waals surface area contributed by atoms with Crippen molar-refractivity contribution in [1.82, 2.24) is 9.97 Å². The van der Waals surface area contributed by atoms with Gasteiger partial charge in [-0.05, 0) is 18.4 Å². The highest BCUT2D eigenvalue weighted by molar-refractivity contribution is 5.62. The maximum Gasteiger partial charge on any atom is 0.163 e. The molecule has 4 rings (SSSR count). The van der Waals surface area contributed by atoms with Crippen molar-refractivity contribution in [3.8, 4) is 11.4 Å². The summed E-state index contributed by atoms with van der Waals surface area (Å²) in [7, 11) is 0. The number of aromatic nitrogens is 2. The molecule has 0 amide bonds. The number of hydrogen-bond donors (Lipinski definition) is 1.